The molecule has 252 valence electrons. The van der Waals surface area contributed by atoms with Gasteiger partial charge in [0.25, 0.3) is 5.91 Å². The number of aromatic carboxylic acids is 1. The lowest BCUT2D eigenvalue weighted by atomic mass is 9.89. The molecule has 0 spiro atoms. The van der Waals surface area contributed by atoms with Gasteiger partial charge >= 0.3 is 5.97 Å². The van der Waals surface area contributed by atoms with E-state index in [0.717, 1.165) is 6.07 Å². The number of nitrogens with zero attached hydrogens (tertiary/aromatic N) is 1. The number of aromatic hydroxyl groups is 2. The lowest BCUT2D eigenvalue weighted by molar-refractivity contribution is 0.0697. The zero-order valence-electron chi connectivity index (χ0n) is 26.5. The molecule has 50 heavy (non-hydrogen) atoms. The number of hydrazone groups is 1. The van der Waals surface area contributed by atoms with Crippen molar-refractivity contribution in [1.29, 1.82) is 0 Å². The lowest BCUT2D eigenvalue weighted by Crippen LogP contribution is -2.23. The van der Waals surface area contributed by atoms with Crippen LogP contribution in [-0.4, -0.2) is 38.0 Å². The molecule has 11 nitrogen and oxygen atoms in total. The highest BCUT2D eigenvalue weighted by Gasteiger charge is 2.24. The van der Waals surface area contributed by atoms with Crippen LogP contribution in [0.3, 0.4) is 0 Å². The van der Waals surface area contributed by atoms with Crippen LogP contribution in [0, 0.1) is 6.92 Å². The van der Waals surface area contributed by atoms with Gasteiger partial charge in [0.05, 0.1) is 10.6 Å². The van der Waals surface area contributed by atoms with Crippen molar-refractivity contribution in [2.75, 3.05) is 0 Å². The number of halogens is 1. The summed E-state index contributed by atoms with van der Waals surface area (Å²) >= 11 is 6.00. The number of rotatable bonds is 10. The third kappa shape index (κ3) is 6.98. The third-order valence-corrected chi connectivity index (χ3v) is 8.25. The normalized spacial score (nSPS) is 11.7. The van der Waals surface area contributed by atoms with Gasteiger partial charge in [-0.2, -0.15) is 5.10 Å². The number of fused-ring (bicyclic) bond motifs is 1. The van der Waals surface area contributed by atoms with Crippen LogP contribution < -0.4 is 16.6 Å². The molecule has 0 fully saturated rings. The molecule has 0 unspecified atom stereocenters. The van der Waals surface area contributed by atoms with Crippen LogP contribution in [0.25, 0.3) is 34.1 Å². The van der Waals surface area contributed by atoms with Crippen LogP contribution in [0.15, 0.2) is 112 Å². The van der Waals surface area contributed by atoms with Gasteiger partial charge in [-0.25, -0.2) is 4.79 Å². The van der Waals surface area contributed by atoms with Crippen molar-refractivity contribution in [2.45, 2.75) is 13.5 Å². The molecule has 5 rings (SSSR count). The summed E-state index contributed by atoms with van der Waals surface area (Å²) < 4.78 is 5.88. The molecule has 0 bridgehead atoms. The summed E-state index contributed by atoms with van der Waals surface area (Å²) in [6.45, 7) is 9.34. The average molecular weight is 692 g/mol. The van der Waals surface area contributed by atoms with E-state index in [2.05, 4.69) is 23.6 Å². The van der Waals surface area contributed by atoms with Gasteiger partial charge in [0, 0.05) is 58.1 Å². The van der Waals surface area contributed by atoms with Gasteiger partial charge in [0.2, 0.25) is 0 Å². The van der Waals surface area contributed by atoms with E-state index in [9.17, 15) is 34.8 Å². The molecule has 0 aromatic heterocycles. The van der Waals surface area contributed by atoms with Gasteiger partial charge in [-0.05, 0) is 60.0 Å². The zero-order chi connectivity index (χ0) is 36.3. The number of nitrogens with one attached hydrogen (secondary N) is 1. The molecule has 1 amide bonds. The summed E-state index contributed by atoms with van der Waals surface area (Å²) in [4.78, 5) is 37.9. The Morgan fingerprint density at radius 1 is 0.940 bits per heavy atom. The average Bonchev–Trinajstić information content (AvgIpc) is 3.10. The lowest BCUT2D eigenvalue weighted by Gasteiger charge is -2.19. The molecule has 12 heteroatoms. The molecule has 7 N–H and O–H groups in total. The number of aliphatic hydroxyl groups excluding tert-OH is 1. The number of phenolic OH excluding ortho intramolecular Hbond substituents is 2. The Kier molecular flexibility index (Phi) is 9.91. The highest BCUT2D eigenvalue weighted by Crippen LogP contribution is 2.40. The van der Waals surface area contributed by atoms with Crippen LogP contribution in [0.1, 0.15) is 48.7 Å². The molecule has 3 aromatic carbocycles. The number of hydrogen-bond donors (Lipinski definition) is 6. The molecule has 1 aliphatic carbocycles. The maximum atomic E-state index is 13.2. The van der Waals surface area contributed by atoms with Crippen molar-refractivity contribution in [3.63, 3.8) is 0 Å². The Labute approximate surface area is 290 Å². The minimum Gasteiger partial charge on any atom is -0.508 e. The summed E-state index contributed by atoms with van der Waals surface area (Å²) in [6.07, 6.45) is 2.52. The van der Waals surface area contributed by atoms with Crippen molar-refractivity contribution < 1.29 is 34.4 Å². The van der Waals surface area contributed by atoms with Crippen LogP contribution >= 0.6 is 11.6 Å². The third-order valence-electron chi connectivity index (χ3n) is 7.95. The minimum atomic E-state index is -1.28. The Balaban J connectivity index is 1.39. The number of benzene rings is 4. The molecule has 0 radical (unpaired) electrons. The number of hydrogen-bond acceptors (Lipinski definition) is 9. The van der Waals surface area contributed by atoms with Gasteiger partial charge in [0.1, 0.15) is 34.5 Å². The standard InChI is InChI=1S/C38H30ClN3O8/c1-4-24(43)14-33-20(3)35(27-12-10-25(44)15-34(27)50-33)26-11-9-23(13-28(26)38(48)49)37(47)41-18-21-5-7-22(8-6-21)19(2)36(42-40)29-16-30(39)32(46)17-31(29)45/h4-17,43,45-46H,1-2,18,40H2,3H3,(H,41,47)(H,48,49)/b24-14+,42-36+. The molecule has 2 aliphatic rings. The zero-order valence-corrected chi connectivity index (χ0v) is 27.3. The summed E-state index contributed by atoms with van der Waals surface area (Å²) in [7, 11) is 0. The van der Waals surface area contributed by atoms with E-state index in [1.807, 2.05) is 0 Å². The smallest absolute Gasteiger partial charge is 0.336 e. The minimum absolute atomic E-state index is 0.00606. The van der Waals surface area contributed by atoms with Crippen LogP contribution in [0.2, 0.25) is 5.02 Å². The molecule has 0 atom stereocenters. The maximum Gasteiger partial charge on any atom is 0.336 e. The van der Waals surface area contributed by atoms with E-state index in [0.29, 0.717) is 33.4 Å². The fraction of sp³-hybridized carbons (Fsp3) is 0.0526. The monoisotopic (exact) mass is 691 g/mol. The number of amides is 1. The van der Waals surface area contributed by atoms with E-state index in [-0.39, 0.29) is 73.7 Å². The fourth-order valence-electron chi connectivity index (χ4n) is 5.37. The number of nitrogens with two attached hydrogens (primary N) is 1. The Bertz CT molecular complexity index is 2290. The van der Waals surface area contributed by atoms with Crippen molar-refractivity contribution in [3.05, 3.63) is 152 Å². The van der Waals surface area contributed by atoms with E-state index in [1.54, 1.807) is 31.2 Å². The van der Waals surface area contributed by atoms with Gasteiger partial charge in [-0.3, -0.25) is 9.59 Å². The summed E-state index contributed by atoms with van der Waals surface area (Å²) in [6, 6.07) is 17.7. The van der Waals surface area contributed by atoms with Gasteiger partial charge in [-0.15, -0.1) is 0 Å². The highest BCUT2D eigenvalue weighted by atomic mass is 35.5. The number of aliphatic hydroxyl groups is 1. The number of phenols is 2. The first kappa shape index (κ1) is 34.7. The van der Waals surface area contributed by atoms with E-state index in [1.165, 1.54) is 54.6 Å². The Hall–Kier alpha value is -6.59. The molecule has 1 heterocycles. The first-order chi connectivity index (χ1) is 23.8. The van der Waals surface area contributed by atoms with Crippen LogP contribution in [-0.2, 0) is 6.54 Å². The maximum absolute atomic E-state index is 13.2. The summed E-state index contributed by atoms with van der Waals surface area (Å²) in [5, 5.41) is 46.9. The number of carbonyl (C=O) groups is 2. The SMILES string of the molecule is C=C/C(O)=C\c1oc2cc(=O)ccc-2c(-c2ccc(C(=O)NCc3ccc(C(=C)/C(=N\N)c4cc(Cl)c(O)cc4O)cc3)cc2C(=O)O)c1C. The summed E-state index contributed by atoms with van der Waals surface area (Å²) in [5.41, 5.74) is 3.31. The van der Waals surface area contributed by atoms with Gasteiger partial charge in [-0.1, -0.05) is 55.1 Å². The predicted octanol–water partition coefficient (Wildman–Crippen LogP) is 6.87. The predicted molar refractivity (Wildman–Crippen MR) is 192 cm³/mol. The van der Waals surface area contributed by atoms with Crippen molar-refractivity contribution in [3.8, 4) is 33.9 Å². The molecule has 1 aliphatic heterocycles. The molecular weight excluding hydrogens is 662 g/mol. The number of allylic oxidation sites excluding steroid dienone is 2. The van der Waals surface area contributed by atoms with Crippen LogP contribution in [0.4, 0.5) is 0 Å². The first-order valence-corrected chi connectivity index (χ1v) is 15.3. The van der Waals surface area contributed by atoms with Crippen LogP contribution in [0.5, 0.6) is 11.5 Å². The number of carboxylic acids is 1. The number of carbonyl (C=O) groups excluding carboxylic acids is 1. The molecular formula is C38H30ClN3O8. The van der Waals surface area contributed by atoms with E-state index < -0.39 is 11.9 Å². The second-order valence-corrected chi connectivity index (χ2v) is 11.5. The largest absolute Gasteiger partial charge is 0.508 e. The molecule has 3 aromatic rings. The molecule has 0 saturated heterocycles. The second kappa shape index (κ2) is 14.3. The quantitative estimate of drug-likeness (QED) is 0.0298. The summed E-state index contributed by atoms with van der Waals surface area (Å²) in [5.74, 6) is 3.38. The van der Waals surface area contributed by atoms with E-state index >= 15 is 0 Å². The fourth-order valence-corrected chi connectivity index (χ4v) is 5.53. The van der Waals surface area contributed by atoms with Crippen molar-refractivity contribution in [1.82, 2.24) is 5.32 Å². The Morgan fingerprint density at radius 2 is 1.62 bits per heavy atom. The van der Waals surface area contributed by atoms with Gasteiger partial charge in [0.15, 0.2) is 5.43 Å². The van der Waals surface area contributed by atoms with E-state index in [4.69, 9.17) is 21.9 Å². The highest BCUT2D eigenvalue weighted by molar-refractivity contribution is 6.35. The number of carboxylic acid groups (broad SMARTS) is 1. The first-order valence-electron chi connectivity index (χ1n) is 14.9. The topological polar surface area (TPSA) is 196 Å². The molecule has 0 saturated carbocycles. The van der Waals surface area contributed by atoms with Crippen molar-refractivity contribution in [2.24, 2.45) is 10.9 Å². The van der Waals surface area contributed by atoms with Crippen molar-refractivity contribution >= 4 is 40.8 Å². The van der Waals surface area contributed by atoms with Gasteiger partial charge < -0.3 is 36.0 Å². The Morgan fingerprint density at radius 3 is 2.28 bits per heavy atom. The second-order valence-electron chi connectivity index (χ2n) is 11.1.